The molecule has 13 heteroatoms. The van der Waals surface area contributed by atoms with Gasteiger partial charge in [-0.3, -0.25) is 20.4 Å². The molecule has 0 saturated heterocycles. The molecule has 0 saturated carbocycles. The maximum atomic E-state index is 13.6. The molecule has 1 unspecified atom stereocenters. The number of rotatable bonds is 5. The molecular weight excluding hydrogens is 543 g/mol. The topological polar surface area (TPSA) is 130 Å². The van der Waals surface area contributed by atoms with Crippen LogP contribution >= 0.6 is 22.9 Å². The minimum atomic E-state index is -0.769. The van der Waals surface area contributed by atoms with Gasteiger partial charge < -0.3 is 9.73 Å². The Morgan fingerprint density at radius 2 is 2.03 bits per heavy atom. The largest absolute Gasteiger partial charge is 0.423 e. The number of allylic oxidation sites excluding steroid dienone is 1. The van der Waals surface area contributed by atoms with E-state index in [-0.39, 0.29) is 17.6 Å². The highest BCUT2D eigenvalue weighted by Crippen LogP contribution is 2.36. The number of aromatic nitrogens is 4. The number of anilines is 2. The van der Waals surface area contributed by atoms with Gasteiger partial charge in [-0.1, -0.05) is 41.1 Å². The van der Waals surface area contributed by atoms with Gasteiger partial charge in [-0.05, 0) is 37.3 Å². The predicted octanol–water partition coefficient (Wildman–Crippen LogP) is 5.56. The van der Waals surface area contributed by atoms with Gasteiger partial charge in [0, 0.05) is 40.3 Å². The Labute approximate surface area is 229 Å². The van der Waals surface area contributed by atoms with Crippen molar-refractivity contribution in [2.24, 2.45) is 4.99 Å². The number of halogens is 2. The summed E-state index contributed by atoms with van der Waals surface area (Å²) in [5.74, 6) is -0.579. The minimum Gasteiger partial charge on any atom is -0.423 e. The Morgan fingerprint density at radius 1 is 1.15 bits per heavy atom. The third-order valence-electron chi connectivity index (χ3n) is 5.82. The molecule has 1 aliphatic rings. The minimum absolute atomic E-state index is 0.109. The number of pyridine rings is 1. The molecule has 1 amide bonds. The number of guanidine groups is 1. The summed E-state index contributed by atoms with van der Waals surface area (Å²) in [5, 5.41) is 18.5. The third kappa shape index (κ3) is 5.07. The molecule has 39 heavy (non-hydrogen) atoms. The molecule has 4 heterocycles. The van der Waals surface area contributed by atoms with Gasteiger partial charge in [0.25, 0.3) is 5.91 Å². The summed E-state index contributed by atoms with van der Waals surface area (Å²) in [6, 6.07) is 14.2. The van der Waals surface area contributed by atoms with E-state index in [1.54, 1.807) is 43.6 Å². The summed E-state index contributed by atoms with van der Waals surface area (Å²) in [7, 11) is 0. The first-order chi connectivity index (χ1) is 18.9. The molecule has 5 aromatic rings. The first-order valence-electron chi connectivity index (χ1n) is 11.6. The van der Waals surface area contributed by atoms with Gasteiger partial charge in [-0.15, -0.1) is 10.2 Å². The van der Waals surface area contributed by atoms with Crippen LogP contribution in [0.1, 0.15) is 18.5 Å². The van der Waals surface area contributed by atoms with Crippen LogP contribution in [0.15, 0.2) is 87.7 Å². The lowest BCUT2D eigenvalue weighted by Gasteiger charge is -2.26. The van der Waals surface area contributed by atoms with Gasteiger partial charge in [0.05, 0.1) is 5.57 Å². The highest BCUT2D eigenvalue weighted by Gasteiger charge is 2.31. The van der Waals surface area contributed by atoms with E-state index in [0.717, 1.165) is 5.56 Å². The maximum absolute atomic E-state index is 13.6. The van der Waals surface area contributed by atoms with Crippen LogP contribution in [-0.2, 0) is 4.79 Å². The fourth-order valence-corrected chi connectivity index (χ4v) is 5.02. The quantitative estimate of drug-likeness (QED) is 0.255. The van der Waals surface area contributed by atoms with Crippen LogP contribution in [0.2, 0.25) is 5.02 Å². The molecule has 3 N–H and O–H groups in total. The van der Waals surface area contributed by atoms with Crippen LogP contribution in [-0.4, -0.2) is 32.0 Å². The van der Waals surface area contributed by atoms with Gasteiger partial charge >= 0.3 is 6.01 Å². The van der Waals surface area contributed by atoms with Crippen molar-refractivity contribution in [3.8, 4) is 10.6 Å². The first kappa shape index (κ1) is 24.6. The van der Waals surface area contributed by atoms with Gasteiger partial charge in [-0.25, -0.2) is 9.38 Å². The molecule has 2 aromatic carbocycles. The van der Waals surface area contributed by atoms with Crippen molar-refractivity contribution in [3.63, 3.8) is 0 Å². The van der Waals surface area contributed by atoms with Crippen LogP contribution in [0.3, 0.4) is 0 Å². The average molecular weight is 561 g/mol. The Kier molecular flexibility index (Phi) is 6.47. The van der Waals surface area contributed by atoms with Crippen molar-refractivity contribution < 1.29 is 13.6 Å². The van der Waals surface area contributed by atoms with Crippen LogP contribution in [0.5, 0.6) is 0 Å². The van der Waals surface area contributed by atoms with Crippen molar-refractivity contribution in [2.75, 3.05) is 10.6 Å². The van der Waals surface area contributed by atoms with E-state index in [0.29, 0.717) is 37.5 Å². The second kappa shape index (κ2) is 10.2. The SMILES string of the molecule is CC1=C(C(=O)Nc2nnc(-c3cccnc3)s2)C(c2ccccc2Cl)N=C(Nc2nc3ccc(F)cc3o2)N1. The molecule has 0 radical (unpaired) electrons. The fourth-order valence-electron chi connectivity index (χ4n) is 4.05. The molecule has 0 spiro atoms. The Hall–Kier alpha value is -4.68. The Balaban J connectivity index is 1.30. The number of amides is 1. The number of aliphatic imine (C=N–C) groups is 1. The van der Waals surface area contributed by atoms with Crippen molar-refractivity contribution in [2.45, 2.75) is 13.0 Å². The molecule has 10 nitrogen and oxygen atoms in total. The average Bonchev–Trinajstić information content (AvgIpc) is 3.55. The molecule has 0 aliphatic carbocycles. The summed E-state index contributed by atoms with van der Waals surface area (Å²) < 4.78 is 19.2. The predicted molar refractivity (Wildman–Crippen MR) is 147 cm³/mol. The van der Waals surface area contributed by atoms with Crippen molar-refractivity contribution in [1.29, 1.82) is 0 Å². The molecule has 6 rings (SSSR count). The number of nitrogens with one attached hydrogen (secondary N) is 3. The van der Waals surface area contributed by atoms with E-state index >= 15 is 0 Å². The van der Waals surface area contributed by atoms with Crippen molar-refractivity contribution in [1.82, 2.24) is 25.5 Å². The van der Waals surface area contributed by atoms with Crippen LogP contribution in [0.4, 0.5) is 15.5 Å². The van der Waals surface area contributed by atoms with Crippen molar-refractivity contribution in [3.05, 3.63) is 94.7 Å². The number of benzene rings is 2. The molecule has 194 valence electrons. The maximum Gasteiger partial charge on any atom is 0.302 e. The number of carbonyl (C=O) groups is 1. The lowest BCUT2D eigenvalue weighted by Crippen LogP contribution is -2.37. The standard InChI is InChI=1S/C26H18ClFN8O2S/c1-13-20(22(37)33-26-36-35-23(39-26)14-5-4-10-29-12-14)21(16-6-2-3-7-17(16)27)32-24(30-13)34-25-31-18-9-8-15(28)11-19(18)38-25/h2-12,21H,1H3,(H,33,36,37)(H2,30,31,32,34). The lowest BCUT2D eigenvalue weighted by atomic mass is 9.95. The Bertz CT molecular complexity index is 1770. The number of hydrogen-bond donors (Lipinski definition) is 3. The molecule has 3 aromatic heterocycles. The lowest BCUT2D eigenvalue weighted by molar-refractivity contribution is -0.113. The second-order valence-electron chi connectivity index (χ2n) is 8.43. The zero-order valence-corrected chi connectivity index (χ0v) is 21.7. The number of nitrogens with zero attached hydrogens (tertiary/aromatic N) is 5. The van der Waals surface area contributed by atoms with E-state index < -0.39 is 17.8 Å². The van der Waals surface area contributed by atoms with E-state index in [1.165, 1.54) is 29.5 Å². The number of hydrogen-bond acceptors (Lipinski definition) is 10. The monoisotopic (exact) mass is 560 g/mol. The number of carbonyl (C=O) groups excluding carboxylic acids is 1. The number of oxazole rings is 1. The highest BCUT2D eigenvalue weighted by atomic mass is 35.5. The summed E-state index contributed by atoms with van der Waals surface area (Å²) in [5.41, 5.74) is 3.04. The molecular formula is C26H18ClFN8O2S. The van der Waals surface area contributed by atoms with Gasteiger partial charge in [-0.2, -0.15) is 4.98 Å². The number of fused-ring (bicyclic) bond motifs is 1. The zero-order valence-electron chi connectivity index (χ0n) is 20.1. The van der Waals surface area contributed by atoms with Gasteiger partial charge in [0.1, 0.15) is 17.4 Å². The Morgan fingerprint density at radius 3 is 2.85 bits per heavy atom. The second-order valence-corrected chi connectivity index (χ2v) is 9.81. The third-order valence-corrected chi connectivity index (χ3v) is 7.05. The summed E-state index contributed by atoms with van der Waals surface area (Å²) in [6.07, 6.45) is 3.34. The molecule has 0 bridgehead atoms. The van der Waals surface area contributed by atoms with E-state index in [9.17, 15) is 9.18 Å². The summed E-state index contributed by atoms with van der Waals surface area (Å²) in [6.45, 7) is 1.75. The highest BCUT2D eigenvalue weighted by molar-refractivity contribution is 7.18. The molecule has 1 atom stereocenters. The normalized spacial score (nSPS) is 15.2. The first-order valence-corrected chi connectivity index (χ1v) is 12.8. The van der Waals surface area contributed by atoms with E-state index in [2.05, 4.69) is 36.1 Å². The van der Waals surface area contributed by atoms with E-state index in [1.807, 2.05) is 12.1 Å². The fraction of sp³-hybridized carbons (Fsp3) is 0.0769. The molecule has 1 aliphatic heterocycles. The van der Waals surface area contributed by atoms with Crippen LogP contribution < -0.4 is 16.0 Å². The van der Waals surface area contributed by atoms with Crippen molar-refractivity contribution >= 4 is 57.1 Å². The van der Waals surface area contributed by atoms with Gasteiger partial charge in [0.2, 0.25) is 11.1 Å². The van der Waals surface area contributed by atoms with Crippen LogP contribution in [0.25, 0.3) is 21.7 Å². The van der Waals surface area contributed by atoms with E-state index in [4.69, 9.17) is 21.0 Å². The zero-order chi connectivity index (χ0) is 26.9. The summed E-state index contributed by atoms with van der Waals surface area (Å²) >= 11 is 7.75. The smallest absolute Gasteiger partial charge is 0.302 e. The summed E-state index contributed by atoms with van der Waals surface area (Å²) in [4.78, 5) is 26.7. The van der Waals surface area contributed by atoms with Gasteiger partial charge in [0.15, 0.2) is 10.6 Å². The van der Waals surface area contributed by atoms with Crippen LogP contribution in [0, 0.1) is 5.82 Å². The molecule has 0 fully saturated rings.